The van der Waals surface area contributed by atoms with Crippen LogP contribution in [0.1, 0.15) is 43.2 Å². The Hall–Kier alpha value is -1.26. The van der Waals surface area contributed by atoms with Crippen LogP contribution in [-0.2, 0) is 6.42 Å². The highest BCUT2D eigenvalue weighted by Crippen LogP contribution is 2.61. The summed E-state index contributed by atoms with van der Waals surface area (Å²) in [6.07, 6.45) is 10.1. The van der Waals surface area contributed by atoms with E-state index in [-0.39, 0.29) is 0 Å². The van der Waals surface area contributed by atoms with E-state index in [1.165, 1.54) is 12.8 Å². The van der Waals surface area contributed by atoms with Crippen molar-refractivity contribution in [2.75, 3.05) is 6.54 Å². The molecule has 19 heavy (non-hydrogen) atoms. The number of nitrogens with one attached hydrogen (secondary N) is 1. The van der Waals surface area contributed by atoms with Crippen LogP contribution in [-0.4, -0.2) is 12.6 Å². The second-order valence-electron chi connectivity index (χ2n) is 5.91. The van der Waals surface area contributed by atoms with Gasteiger partial charge in [0.1, 0.15) is 0 Å². The molecule has 4 unspecified atom stereocenters. The molecule has 3 rings (SSSR count). The minimum atomic E-state index is 0.613. The molecule has 1 aromatic rings. The van der Waals surface area contributed by atoms with Gasteiger partial charge in [-0.3, -0.25) is 0 Å². The maximum Gasteiger partial charge on any atom is 0.0113 e. The molecule has 0 heterocycles. The Labute approximate surface area is 116 Å². The standard InChI is InChI=1S/C18H23N/c1-3-5-10-16(19-4-2)18-15-12-11-13-8-6-7-9-14(13)17(15)18/h1,6-9,15-19H,4-5,10-12H2,2H3. The van der Waals surface area contributed by atoms with Gasteiger partial charge in [0.25, 0.3) is 0 Å². The van der Waals surface area contributed by atoms with E-state index in [4.69, 9.17) is 6.42 Å². The van der Waals surface area contributed by atoms with E-state index < -0.39 is 0 Å². The molecule has 4 atom stereocenters. The number of rotatable bonds is 5. The second-order valence-corrected chi connectivity index (χ2v) is 5.91. The molecule has 0 bridgehead atoms. The molecule has 1 nitrogen and oxygen atoms in total. The van der Waals surface area contributed by atoms with Crippen molar-refractivity contribution < 1.29 is 0 Å². The van der Waals surface area contributed by atoms with Gasteiger partial charge in [-0.15, -0.1) is 12.3 Å². The van der Waals surface area contributed by atoms with E-state index in [2.05, 4.69) is 42.4 Å². The maximum atomic E-state index is 5.44. The van der Waals surface area contributed by atoms with Crippen LogP contribution in [0.5, 0.6) is 0 Å². The van der Waals surface area contributed by atoms with Crippen molar-refractivity contribution in [3.8, 4) is 12.3 Å². The first-order valence-corrected chi connectivity index (χ1v) is 7.61. The zero-order valence-electron chi connectivity index (χ0n) is 11.7. The minimum Gasteiger partial charge on any atom is -0.314 e. The molecule has 0 spiro atoms. The molecule has 0 aromatic heterocycles. The molecule has 0 amide bonds. The van der Waals surface area contributed by atoms with Crippen LogP contribution in [0, 0.1) is 24.2 Å². The highest BCUT2D eigenvalue weighted by molar-refractivity contribution is 5.40. The van der Waals surface area contributed by atoms with Gasteiger partial charge < -0.3 is 5.32 Å². The van der Waals surface area contributed by atoms with Gasteiger partial charge in [-0.1, -0.05) is 31.2 Å². The van der Waals surface area contributed by atoms with E-state index in [0.29, 0.717) is 6.04 Å². The lowest BCUT2D eigenvalue weighted by Gasteiger charge is -2.17. The molecule has 0 radical (unpaired) electrons. The van der Waals surface area contributed by atoms with Gasteiger partial charge in [-0.25, -0.2) is 0 Å². The van der Waals surface area contributed by atoms with Gasteiger partial charge in [-0.2, -0.15) is 0 Å². The molecule has 1 saturated carbocycles. The lowest BCUT2D eigenvalue weighted by molar-refractivity contribution is 0.423. The van der Waals surface area contributed by atoms with Crippen LogP contribution in [0.25, 0.3) is 0 Å². The average molecular weight is 253 g/mol. The van der Waals surface area contributed by atoms with E-state index >= 15 is 0 Å². The van der Waals surface area contributed by atoms with E-state index in [1.54, 1.807) is 11.1 Å². The second kappa shape index (κ2) is 5.39. The first-order chi connectivity index (χ1) is 9.36. The van der Waals surface area contributed by atoms with Crippen LogP contribution in [0.4, 0.5) is 0 Å². The summed E-state index contributed by atoms with van der Waals surface area (Å²) in [5.74, 6) is 5.31. The third kappa shape index (κ3) is 2.30. The summed E-state index contributed by atoms with van der Waals surface area (Å²) in [6, 6.07) is 9.64. The van der Waals surface area contributed by atoms with Crippen molar-refractivity contribution >= 4 is 0 Å². The van der Waals surface area contributed by atoms with Gasteiger partial charge in [-0.05, 0) is 54.7 Å². The first-order valence-electron chi connectivity index (χ1n) is 7.61. The fraction of sp³-hybridized carbons (Fsp3) is 0.556. The number of hydrogen-bond donors (Lipinski definition) is 1. The normalized spacial score (nSPS) is 28.9. The van der Waals surface area contributed by atoms with E-state index in [0.717, 1.165) is 37.1 Å². The van der Waals surface area contributed by atoms with E-state index in [1.807, 2.05) is 0 Å². The molecule has 1 fully saturated rings. The number of hydrogen-bond acceptors (Lipinski definition) is 1. The summed E-state index contributed by atoms with van der Waals surface area (Å²) >= 11 is 0. The molecule has 2 aliphatic carbocycles. The Morgan fingerprint density at radius 1 is 1.42 bits per heavy atom. The maximum absolute atomic E-state index is 5.44. The van der Waals surface area contributed by atoms with Gasteiger partial charge in [0, 0.05) is 12.5 Å². The molecule has 0 aliphatic heterocycles. The van der Waals surface area contributed by atoms with Crippen molar-refractivity contribution in [1.29, 1.82) is 0 Å². The molecule has 0 saturated heterocycles. The van der Waals surface area contributed by atoms with Crippen LogP contribution in [0.2, 0.25) is 0 Å². The van der Waals surface area contributed by atoms with E-state index in [9.17, 15) is 0 Å². The summed E-state index contributed by atoms with van der Waals surface area (Å²) < 4.78 is 0. The zero-order chi connectivity index (χ0) is 13.2. The molecule has 2 aliphatic rings. The van der Waals surface area contributed by atoms with Crippen LogP contribution < -0.4 is 5.32 Å². The predicted molar refractivity (Wildman–Crippen MR) is 80.0 cm³/mol. The van der Waals surface area contributed by atoms with Crippen LogP contribution >= 0.6 is 0 Å². The van der Waals surface area contributed by atoms with Crippen molar-refractivity contribution in [2.45, 2.75) is 44.6 Å². The topological polar surface area (TPSA) is 12.0 Å². The van der Waals surface area contributed by atoms with Gasteiger partial charge in [0.15, 0.2) is 0 Å². The van der Waals surface area contributed by atoms with Gasteiger partial charge in [0.05, 0.1) is 0 Å². The number of benzene rings is 1. The Balaban J connectivity index is 1.76. The van der Waals surface area contributed by atoms with Crippen molar-refractivity contribution in [1.82, 2.24) is 5.32 Å². The number of aryl methyl sites for hydroxylation is 1. The summed E-state index contributed by atoms with van der Waals surface area (Å²) in [5.41, 5.74) is 3.20. The minimum absolute atomic E-state index is 0.613. The number of terminal acetylenes is 1. The molecular weight excluding hydrogens is 230 g/mol. The van der Waals surface area contributed by atoms with Crippen molar-refractivity contribution in [3.05, 3.63) is 35.4 Å². The van der Waals surface area contributed by atoms with Gasteiger partial charge in [0.2, 0.25) is 0 Å². The van der Waals surface area contributed by atoms with Crippen LogP contribution in [0.3, 0.4) is 0 Å². The SMILES string of the molecule is C#CCCC(NCC)C1C2CCc3ccccc3C21. The highest BCUT2D eigenvalue weighted by Gasteiger charge is 2.55. The Morgan fingerprint density at radius 2 is 2.26 bits per heavy atom. The summed E-state index contributed by atoms with van der Waals surface area (Å²) in [5, 5.41) is 3.67. The third-order valence-corrected chi connectivity index (χ3v) is 4.92. The van der Waals surface area contributed by atoms with Crippen LogP contribution in [0.15, 0.2) is 24.3 Å². The lowest BCUT2D eigenvalue weighted by Crippen LogP contribution is -2.31. The smallest absolute Gasteiger partial charge is 0.0113 e. The largest absolute Gasteiger partial charge is 0.314 e. The first kappa shape index (κ1) is 12.8. The molecular formula is C18H23N. The summed E-state index contributed by atoms with van der Waals surface area (Å²) in [4.78, 5) is 0. The fourth-order valence-electron chi connectivity index (χ4n) is 4.10. The molecule has 1 aromatic carbocycles. The predicted octanol–water partition coefficient (Wildman–Crippen LogP) is 3.35. The highest BCUT2D eigenvalue weighted by atomic mass is 14.9. The molecule has 100 valence electrons. The fourth-order valence-corrected chi connectivity index (χ4v) is 4.10. The Kier molecular flexibility index (Phi) is 3.62. The Bertz CT molecular complexity index is 485. The third-order valence-electron chi connectivity index (χ3n) is 4.92. The van der Waals surface area contributed by atoms with Crippen molar-refractivity contribution in [2.24, 2.45) is 11.8 Å². The quantitative estimate of drug-likeness (QED) is 0.794. The lowest BCUT2D eigenvalue weighted by atomic mass is 9.92. The molecule has 1 heteroatoms. The average Bonchev–Trinajstić information content (AvgIpc) is 3.18. The summed E-state index contributed by atoms with van der Waals surface area (Å²) in [7, 11) is 0. The van der Waals surface area contributed by atoms with Gasteiger partial charge >= 0.3 is 0 Å². The summed E-state index contributed by atoms with van der Waals surface area (Å²) in [6.45, 7) is 3.25. The number of fused-ring (bicyclic) bond motifs is 3. The monoisotopic (exact) mass is 253 g/mol. The molecule has 1 N–H and O–H groups in total. The van der Waals surface area contributed by atoms with Crippen molar-refractivity contribution in [3.63, 3.8) is 0 Å². The Morgan fingerprint density at radius 3 is 3.05 bits per heavy atom. The zero-order valence-corrected chi connectivity index (χ0v) is 11.7.